The van der Waals surface area contributed by atoms with Crippen molar-refractivity contribution in [3.05, 3.63) is 18.2 Å². The number of carbonyl (C=O) groups excluding carboxylic acids is 1. The zero-order chi connectivity index (χ0) is 13.1. The van der Waals surface area contributed by atoms with Crippen LogP contribution in [0.2, 0.25) is 0 Å². The first kappa shape index (κ1) is 12.7. The van der Waals surface area contributed by atoms with Gasteiger partial charge in [0.1, 0.15) is 5.75 Å². The topological polar surface area (TPSA) is 87.8 Å². The molecule has 0 bridgehead atoms. The van der Waals surface area contributed by atoms with E-state index in [-0.39, 0.29) is 25.2 Å². The van der Waals surface area contributed by atoms with Gasteiger partial charge >= 0.3 is 0 Å². The van der Waals surface area contributed by atoms with Crippen LogP contribution in [-0.2, 0) is 4.79 Å². The molecular weight excluding hydrogens is 234 g/mol. The van der Waals surface area contributed by atoms with Gasteiger partial charge in [0.05, 0.1) is 12.3 Å². The molecule has 6 heteroatoms. The Kier molecular flexibility index (Phi) is 3.69. The summed E-state index contributed by atoms with van der Waals surface area (Å²) in [6, 6.07) is 5.19. The van der Waals surface area contributed by atoms with Gasteiger partial charge in [0.2, 0.25) is 0 Å². The third kappa shape index (κ3) is 2.55. The summed E-state index contributed by atoms with van der Waals surface area (Å²) in [5.41, 5.74) is 7.17. The number of nitrogens with zero attached hydrogens (tertiary/aromatic N) is 1. The van der Waals surface area contributed by atoms with Gasteiger partial charge in [-0.25, -0.2) is 0 Å². The van der Waals surface area contributed by atoms with E-state index in [1.54, 1.807) is 11.9 Å². The number of hydrogen-bond donors (Lipinski definition) is 3. The summed E-state index contributed by atoms with van der Waals surface area (Å²) in [4.78, 5) is 13.1. The highest BCUT2D eigenvalue weighted by molar-refractivity contribution is 5.97. The van der Waals surface area contributed by atoms with E-state index in [9.17, 15) is 4.79 Å². The highest BCUT2D eigenvalue weighted by Gasteiger charge is 2.22. The Morgan fingerprint density at radius 1 is 1.61 bits per heavy atom. The number of fused-ring (bicyclic) bond motifs is 1. The maximum Gasteiger partial charge on any atom is 0.264 e. The Labute approximate surface area is 105 Å². The Bertz CT molecular complexity index is 450. The first-order valence-corrected chi connectivity index (χ1v) is 5.75. The zero-order valence-electron chi connectivity index (χ0n) is 10.2. The van der Waals surface area contributed by atoms with Crippen LogP contribution in [0.25, 0.3) is 0 Å². The fraction of sp³-hybridized carbons (Fsp3) is 0.417. The van der Waals surface area contributed by atoms with Crippen molar-refractivity contribution in [3.63, 3.8) is 0 Å². The number of anilines is 2. The average molecular weight is 251 g/mol. The van der Waals surface area contributed by atoms with E-state index in [1.165, 1.54) is 0 Å². The van der Waals surface area contributed by atoms with Crippen LogP contribution in [0.3, 0.4) is 0 Å². The Morgan fingerprint density at radius 3 is 3.11 bits per heavy atom. The van der Waals surface area contributed by atoms with Gasteiger partial charge in [-0.1, -0.05) is 0 Å². The van der Waals surface area contributed by atoms with E-state index >= 15 is 0 Å². The minimum Gasteiger partial charge on any atom is -0.482 e. The molecular formula is C12H17N3O3. The van der Waals surface area contributed by atoms with Crippen molar-refractivity contribution in [2.24, 2.45) is 5.73 Å². The average Bonchev–Trinajstić information content (AvgIpc) is 2.40. The molecule has 0 saturated carbocycles. The SMILES string of the molecule is CN1C(=O)COc2ccc(NCC(N)CO)cc21. The fourth-order valence-corrected chi connectivity index (χ4v) is 1.70. The van der Waals surface area contributed by atoms with Crippen molar-refractivity contribution >= 4 is 17.3 Å². The number of benzene rings is 1. The van der Waals surface area contributed by atoms with E-state index in [0.717, 1.165) is 11.4 Å². The number of aliphatic hydroxyl groups excluding tert-OH is 1. The van der Waals surface area contributed by atoms with Crippen molar-refractivity contribution in [3.8, 4) is 5.75 Å². The number of carbonyl (C=O) groups is 1. The second-order valence-corrected chi connectivity index (χ2v) is 4.25. The van der Waals surface area contributed by atoms with Gasteiger partial charge in [-0.15, -0.1) is 0 Å². The summed E-state index contributed by atoms with van der Waals surface area (Å²) in [6.07, 6.45) is 0. The summed E-state index contributed by atoms with van der Waals surface area (Å²) in [5, 5.41) is 11.9. The van der Waals surface area contributed by atoms with Crippen LogP contribution in [-0.4, -0.2) is 43.9 Å². The molecule has 98 valence electrons. The minimum atomic E-state index is -0.309. The van der Waals surface area contributed by atoms with Crippen molar-refractivity contribution in [2.75, 3.05) is 37.0 Å². The quantitative estimate of drug-likeness (QED) is 0.688. The van der Waals surface area contributed by atoms with Crippen LogP contribution in [0.1, 0.15) is 0 Å². The van der Waals surface area contributed by atoms with Crippen LogP contribution in [0.4, 0.5) is 11.4 Å². The third-order valence-corrected chi connectivity index (χ3v) is 2.85. The predicted octanol–water partition coefficient (Wildman–Crippen LogP) is -0.227. The van der Waals surface area contributed by atoms with Crippen LogP contribution in [0.5, 0.6) is 5.75 Å². The molecule has 1 amide bonds. The van der Waals surface area contributed by atoms with Crippen LogP contribution >= 0.6 is 0 Å². The number of nitrogens with two attached hydrogens (primary N) is 1. The summed E-state index contributed by atoms with van der Waals surface area (Å²) in [6.45, 7) is 0.471. The molecule has 1 aromatic carbocycles. The lowest BCUT2D eigenvalue weighted by molar-refractivity contribution is -0.120. The largest absolute Gasteiger partial charge is 0.482 e. The number of ether oxygens (including phenoxy) is 1. The standard InChI is InChI=1S/C12H17N3O3/c1-15-10-4-9(14-5-8(13)6-16)2-3-11(10)18-7-12(15)17/h2-4,8,14,16H,5-7,13H2,1H3. The molecule has 1 aliphatic heterocycles. The molecule has 2 rings (SSSR count). The number of rotatable bonds is 4. The highest BCUT2D eigenvalue weighted by atomic mass is 16.5. The summed E-state index contributed by atoms with van der Waals surface area (Å²) in [7, 11) is 1.72. The van der Waals surface area contributed by atoms with E-state index < -0.39 is 0 Å². The molecule has 0 fully saturated rings. The Morgan fingerprint density at radius 2 is 2.39 bits per heavy atom. The first-order valence-electron chi connectivity index (χ1n) is 5.75. The molecule has 1 heterocycles. The van der Waals surface area contributed by atoms with Gasteiger partial charge in [0.15, 0.2) is 6.61 Å². The Balaban J connectivity index is 2.13. The van der Waals surface area contributed by atoms with E-state index in [0.29, 0.717) is 12.3 Å². The van der Waals surface area contributed by atoms with Gasteiger partial charge < -0.3 is 25.8 Å². The first-order chi connectivity index (χ1) is 8.61. The van der Waals surface area contributed by atoms with E-state index in [4.69, 9.17) is 15.6 Å². The van der Waals surface area contributed by atoms with E-state index in [1.807, 2.05) is 18.2 Å². The van der Waals surface area contributed by atoms with Crippen LogP contribution in [0, 0.1) is 0 Å². The van der Waals surface area contributed by atoms with Crippen LogP contribution < -0.4 is 20.7 Å². The second kappa shape index (κ2) is 5.24. The van der Waals surface area contributed by atoms with E-state index in [2.05, 4.69) is 5.32 Å². The normalized spacial score (nSPS) is 15.9. The van der Waals surface area contributed by atoms with Crippen molar-refractivity contribution in [1.82, 2.24) is 0 Å². The predicted molar refractivity (Wildman–Crippen MR) is 68.9 cm³/mol. The maximum atomic E-state index is 11.5. The molecule has 0 aromatic heterocycles. The van der Waals surface area contributed by atoms with Gasteiger partial charge in [0.25, 0.3) is 5.91 Å². The summed E-state index contributed by atoms with van der Waals surface area (Å²) in [5.74, 6) is 0.612. The molecule has 4 N–H and O–H groups in total. The van der Waals surface area contributed by atoms with Crippen molar-refractivity contribution in [2.45, 2.75) is 6.04 Å². The number of nitrogens with one attached hydrogen (secondary N) is 1. The fourth-order valence-electron chi connectivity index (χ4n) is 1.70. The molecule has 0 aliphatic carbocycles. The van der Waals surface area contributed by atoms with Gasteiger partial charge in [-0.2, -0.15) is 0 Å². The third-order valence-electron chi connectivity index (χ3n) is 2.85. The second-order valence-electron chi connectivity index (χ2n) is 4.25. The van der Waals surface area contributed by atoms with Gasteiger partial charge in [0, 0.05) is 25.3 Å². The van der Waals surface area contributed by atoms with Gasteiger partial charge in [-0.3, -0.25) is 4.79 Å². The summed E-state index contributed by atoms with van der Waals surface area (Å²) >= 11 is 0. The van der Waals surface area contributed by atoms with Crippen LogP contribution in [0.15, 0.2) is 18.2 Å². The molecule has 0 spiro atoms. The maximum absolute atomic E-state index is 11.5. The van der Waals surface area contributed by atoms with Gasteiger partial charge in [-0.05, 0) is 18.2 Å². The number of amides is 1. The molecule has 18 heavy (non-hydrogen) atoms. The number of likely N-dealkylation sites (N-methyl/N-ethyl adjacent to an activating group) is 1. The Hall–Kier alpha value is -1.79. The summed E-state index contributed by atoms with van der Waals surface area (Å²) < 4.78 is 5.32. The molecule has 1 unspecified atom stereocenters. The minimum absolute atomic E-state index is 0.0700. The highest BCUT2D eigenvalue weighted by Crippen LogP contribution is 2.33. The lowest BCUT2D eigenvalue weighted by atomic mass is 10.2. The van der Waals surface area contributed by atoms with Crippen molar-refractivity contribution in [1.29, 1.82) is 0 Å². The molecule has 1 aliphatic rings. The number of aliphatic hydroxyl groups is 1. The molecule has 0 radical (unpaired) electrons. The monoisotopic (exact) mass is 251 g/mol. The molecule has 0 saturated heterocycles. The lowest BCUT2D eigenvalue weighted by Gasteiger charge is -2.26. The lowest BCUT2D eigenvalue weighted by Crippen LogP contribution is -2.35. The zero-order valence-corrected chi connectivity index (χ0v) is 10.2. The number of hydrogen-bond acceptors (Lipinski definition) is 5. The molecule has 1 aromatic rings. The molecule has 1 atom stereocenters. The smallest absolute Gasteiger partial charge is 0.264 e. The molecule has 6 nitrogen and oxygen atoms in total. The van der Waals surface area contributed by atoms with Crippen molar-refractivity contribution < 1.29 is 14.6 Å².